The van der Waals surface area contributed by atoms with Gasteiger partial charge in [0.25, 0.3) is 0 Å². The summed E-state index contributed by atoms with van der Waals surface area (Å²) in [5.74, 6) is 2.11. The van der Waals surface area contributed by atoms with E-state index in [1.54, 1.807) is 23.0 Å². The van der Waals surface area contributed by atoms with E-state index in [2.05, 4.69) is 11.0 Å². The van der Waals surface area contributed by atoms with Crippen LogP contribution in [0.3, 0.4) is 0 Å². The number of carbonyl (C=O) groups excluding carboxylic acids is 1. The second-order valence-electron chi connectivity index (χ2n) is 3.42. The minimum atomic E-state index is -0.441. The number of amides is 1. The van der Waals surface area contributed by atoms with Gasteiger partial charge in [-0.15, -0.1) is 6.42 Å². The highest BCUT2D eigenvalue weighted by Gasteiger charge is 2.13. The summed E-state index contributed by atoms with van der Waals surface area (Å²) in [5, 5.41) is 4.12. The summed E-state index contributed by atoms with van der Waals surface area (Å²) in [6.45, 7) is 1.95. The minimum Gasteiger partial charge on any atom is -0.366 e. The van der Waals surface area contributed by atoms with Crippen LogP contribution in [0.2, 0.25) is 0 Å². The molecule has 4 heteroatoms. The van der Waals surface area contributed by atoms with Crippen LogP contribution in [-0.2, 0) is 6.42 Å². The third-order valence-corrected chi connectivity index (χ3v) is 2.56. The zero-order chi connectivity index (χ0) is 11.7. The number of pyridine rings is 1. The molecule has 80 valence electrons. The van der Waals surface area contributed by atoms with Gasteiger partial charge in [0.2, 0.25) is 5.91 Å². The maximum atomic E-state index is 11.3. The van der Waals surface area contributed by atoms with Gasteiger partial charge in [-0.25, -0.2) is 4.52 Å². The van der Waals surface area contributed by atoms with Crippen molar-refractivity contribution in [1.82, 2.24) is 9.61 Å². The van der Waals surface area contributed by atoms with Crippen molar-refractivity contribution < 1.29 is 4.79 Å². The Balaban J connectivity index is 2.89. The Bertz CT molecular complexity index is 604. The lowest BCUT2D eigenvalue weighted by atomic mass is 10.0. The van der Waals surface area contributed by atoms with Gasteiger partial charge in [0.15, 0.2) is 0 Å². The molecule has 0 radical (unpaired) electrons. The molecule has 0 saturated carbocycles. The van der Waals surface area contributed by atoms with Crippen LogP contribution in [0, 0.1) is 12.3 Å². The molecule has 0 aromatic carbocycles. The Morgan fingerprint density at radius 1 is 1.69 bits per heavy atom. The number of hydrogen-bond donors (Lipinski definition) is 1. The second kappa shape index (κ2) is 3.70. The van der Waals surface area contributed by atoms with Crippen molar-refractivity contribution in [3.63, 3.8) is 0 Å². The van der Waals surface area contributed by atoms with Crippen LogP contribution >= 0.6 is 0 Å². The average Bonchev–Trinajstić information content (AvgIpc) is 2.70. The number of nitrogens with two attached hydrogens (primary N) is 1. The number of terminal acetylenes is 1. The number of nitrogens with zero attached hydrogens (tertiary/aromatic N) is 2. The molecule has 2 aromatic rings. The lowest BCUT2D eigenvalue weighted by molar-refractivity contribution is 0.0999. The zero-order valence-corrected chi connectivity index (χ0v) is 8.90. The summed E-state index contributed by atoms with van der Waals surface area (Å²) in [7, 11) is 0. The number of primary amides is 1. The fraction of sp³-hybridized carbons (Fsp3) is 0.167. The molecule has 2 N–H and O–H groups in total. The predicted molar refractivity (Wildman–Crippen MR) is 61.0 cm³/mol. The van der Waals surface area contributed by atoms with Gasteiger partial charge in [0.05, 0.1) is 17.3 Å². The van der Waals surface area contributed by atoms with Gasteiger partial charge in [0, 0.05) is 11.8 Å². The van der Waals surface area contributed by atoms with Crippen LogP contribution in [0.4, 0.5) is 0 Å². The van der Waals surface area contributed by atoms with Crippen molar-refractivity contribution in [2.24, 2.45) is 5.73 Å². The van der Waals surface area contributed by atoms with Crippen LogP contribution in [0.15, 0.2) is 18.5 Å². The Morgan fingerprint density at radius 2 is 2.44 bits per heavy atom. The van der Waals surface area contributed by atoms with E-state index < -0.39 is 5.91 Å². The van der Waals surface area contributed by atoms with Crippen LogP contribution < -0.4 is 5.73 Å². The topological polar surface area (TPSA) is 60.4 Å². The highest BCUT2D eigenvalue weighted by molar-refractivity contribution is 5.96. The summed E-state index contributed by atoms with van der Waals surface area (Å²) >= 11 is 0. The monoisotopic (exact) mass is 213 g/mol. The molecule has 0 unspecified atom stereocenters. The maximum absolute atomic E-state index is 11.3. The van der Waals surface area contributed by atoms with Crippen molar-refractivity contribution in [2.45, 2.75) is 13.3 Å². The third kappa shape index (κ3) is 1.34. The molecule has 1 amide bonds. The van der Waals surface area contributed by atoms with Crippen LogP contribution in [0.25, 0.3) is 5.52 Å². The number of carbonyl (C=O) groups is 1. The van der Waals surface area contributed by atoms with E-state index in [0.717, 1.165) is 11.1 Å². The second-order valence-corrected chi connectivity index (χ2v) is 3.42. The molecule has 2 heterocycles. The highest BCUT2D eigenvalue weighted by Crippen LogP contribution is 2.19. The molecule has 0 saturated heterocycles. The Labute approximate surface area is 93.1 Å². The summed E-state index contributed by atoms with van der Waals surface area (Å²) in [4.78, 5) is 11.3. The first-order valence-electron chi connectivity index (χ1n) is 4.94. The SMILES string of the molecule is C#Cc1cnn2ccc(C(N)=O)c(CC)c12. The molecule has 16 heavy (non-hydrogen) atoms. The number of aromatic nitrogens is 2. The van der Waals surface area contributed by atoms with E-state index in [0.29, 0.717) is 17.5 Å². The van der Waals surface area contributed by atoms with Gasteiger partial charge >= 0.3 is 0 Å². The van der Waals surface area contributed by atoms with Crippen molar-refractivity contribution in [3.05, 3.63) is 35.2 Å². The minimum absolute atomic E-state index is 0.441. The largest absolute Gasteiger partial charge is 0.366 e. The molecule has 0 aliphatic rings. The van der Waals surface area contributed by atoms with E-state index in [-0.39, 0.29) is 0 Å². The summed E-state index contributed by atoms with van der Waals surface area (Å²) < 4.78 is 1.67. The van der Waals surface area contributed by atoms with E-state index in [1.807, 2.05) is 6.92 Å². The quantitative estimate of drug-likeness (QED) is 0.756. The molecule has 0 aliphatic carbocycles. The van der Waals surface area contributed by atoms with E-state index in [1.165, 1.54) is 0 Å². The first-order valence-corrected chi connectivity index (χ1v) is 4.94. The lowest BCUT2D eigenvalue weighted by Gasteiger charge is -2.06. The van der Waals surface area contributed by atoms with Crippen LogP contribution in [-0.4, -0.2) is 15.5 Å². The normalized spacial score (nSPS) is 10.2. The summed E-state index contributed by atoms with van der Waals surface area (Å²) in [6, 6.07) is 1.67. The van der Waals surface area contributed by atoms with Gasteiger partial charge in [-0.2, -0.15) is 5.10 Å². The van der Waals surface area contributed by atoms with E-state index >= 15 is 0 Å². The van der Waals surface area contributed by atoms with Crippen LogP contribution in [0.1, 0.15) is 28.4 Å². The summed E-state index contributed by atoms with van der Waals surface area (Å²) in [5.41, 5.74) is 8.15. The van der Waals surface area contributed by atoms with Crippen molar-refractivity contribution >= 4 is 11.4 Å². The fourth-order valence-electron chi connectivity index (χ4n) is 1.84. The average molecular weight is 213 g/mol. The molecular weight excluding hydrogens is 202 g/mol. The van der Waals surface area contributed by atoms with Gasteiger partial charge in [0.1, 0.15) is 0 Å². The molecule has 0 fully saturated rings. The predicted octanol–water partition coefficient (Wildman–Crippen LogP) is 0.977. The maximum Gasteiger partial charge on any atom is 0.249 e. The van der Waals surface area contributed by atoms with Crippen molar-refractivity contribution in [1.29, 1.82) is 0 Å². The van der Waals surface area contributed by atoms with E-state index in [4.69, 9.17) is 12.2 Å². The fourth-order valence-corrected chi connectivity index (χ4v) is 1.84. The van der Waals surface area contributed by atoms with Gasteiger partial charge in [-0.3, -0.25) is 4.79 Å². The van der Waals surface area contributed by atoms with Gasteiger partial charge in [-0.1, -0.05) is 12.8 Å². The first kappa shape index (κ1) is 10.2. The van der Waals surface area contributed by atoms with E-state index in [9.17, 15) is 4.79 Å². The van der Waals surface area contributed by atoms with Crippen molar-refractivity contribution in [3.8, 4) is 12.3 Å². The number of rotatable bonds is 2. The standard InChI is InChI=1S/C12H11N3O/c1-3-8-7-14-15-6-5-10(12(13)16)9(4-2)11(8)15/h1,5-7H,4H2,2H3,(H2,13,16). The molecule has 0 atom stereocenters. The van der Waals surface area contributed by atoms with Gasteiger partial charge in [-0.05, 0) is 18.1 Å². The third-order valence-electron chi connectivity index (χ3n) is 2.56. The molecule has 2 rings (SSSR count). The number of aryl methyl sites for hydroxylation is 1. The molecule has 0 bridgehead atoms. The molecular formula is C12H11N3O. The highest BCUT2D eigenvalue weighted by atomic mass is 16.1. The number of fused-ring (bicyclic) bond motifs is 1. The Morgan fingerprint density at radius 3 is 3.00 bits per heavy atom. The smallest absolute Gasteiger partial charge is 0.249 e. The molecule has 0 spiro atoms. The molecule has 0 aliphatic heterocycles. The summed E-state index contributed by atoms with van der Waals surface area (Å²) in [6.07, 6.45) is 9.37. The Kier molecular flexibility index (Phi) is 2.37. The van der Waals surface area contributed by atoms with Crippen LogP contribution in [0.5, 0.6) is 0 Å². The van der Waals surface area contributed by atoms with Gasteiger partial charge < -0.3 is 5.73 Å². The van der Waals surface area contributed by atoms with Crippen molar-refractivity contribution in [2.75, 3.05) is 0 Å². The zero-order valence-electron chi connectivity index (χ0n) is 8.90. The molecule has 4 nitrogen and oxygen atoms in total. The lowest BCUT2D eigenvalue weighted by Crippen LogP contribution is -2.14. The number of hydrogen-bond acceptors (Lipinski definition) is 2. The molecule has 2 aromatic heterocycles. The Hall–Kier alpha value is -2.28. The first-order chi connectivity index (χ1) is 7.69.